The van der Waals surface area contributed by atoms with Crippen molar-refractivity contribution in [1.29, 1.82) is 0 Å². The van der Waals surface area contributed by atoms with E-state index in [4.69, 9.17) is 4.74 Å². The largest absolute Gasteiger partial charge is 0.573 e. The van der Waals surface area contributed by atoms with Gasteiger partial charge in [-0.15, -0.1) is 13.2 Å². The highest BCUT2D eigenvalue weighted by Crippen LogP contribution is 2.36. The molecule has 1 aromatic rings. The Bertz CT molecular complexity index is 570. The first-order valence-corrected chi connectivity index (χ1v) is 5.63. The number of cyclic esters (lactones) is 1. The van der Waals surface area contributed by atoms with Crippen molar-refractivity contribution < 1.29 is 32.5 Å². The second-order valence-electron chi connectivity index (χ2n) is 4.70. The Hall–Kier alpha value is -2.18. The number of hydrogen-bond acceptors (Lipinski definition) is 4. The zero-order chi connectivity index (χ0) is 15.1. The molecule has 0 unspecified atom stereocenters. The normalized spacial score (nSPS) is 18.1. The molecule has 0 aliphatic carbocycles. The van der Waals surface area contributed by atoms with Crippen LogP contribution in [0.5, 0.6) is 5.75 Å². The van der Waals surface area contributed by atoms with Gasteiger partial charge in [-0.2, -0.15) is 0 Å². The lowest BCUT2D eigenvalue weighted by Gasteiger charge is -2.16. The van der Waals surface area contributed by atoms with Crippen LogP contribution in [-0.4, -0.2) is 23.0 Å². The monoisotopic (exact) mass is 288 g/mol. The first-order valence-electron chi connectivity index (χ1n) is 5.63. The minimum absolute atomic E-state index is 0.0615. The fraction of sp³-hybridized carbons (Fsp3) is 0.308. The maximum atomic E-state index is 12.0. The number of esters is 1. The fourth-order valence-electron chi connectivity index (χ4n) is 1.81. The Morgan fingerprint density at radius 3 is 2.15 bits per heavy atom. The third kappa shape index (κ3) is 2.71. The van der Waals surface area contributed by atoms with Gasteiger partial charge in [-0.3, -0.25) is 0 Å². The number of alkyl halides is 3. The molecule has 7 heteroatoms. The molecule has 1 N–H and O–H groups in total. The number of hydrogen-bond donors (Lipinski definition) is 1. The quantitative estimate of drug-likeness (QED) is 0.849. The average molecular weight is 288 g/mol. The van der Waals surface area contributed by atoms with Crippen LogP contribution in [0.25, 0.3) is 5.57 Å². The summed E-state index contributed by atoms with van der Waals surface area (Å²) in [5, 5.41) is 9.92. The molecule has 1 aliphatic rings. The number of carbonyl (C=O) groups excluding carboxylic acids is 1. The van der Waals surface area contributed by atoms with Crippen LogP contribution in [0.3, 0.4) is 0 Å². The lowest BCUT2D eigenvalue weighted by molar-refractivity contribution is -0.274. The van der Waals surface area contributed by atoms with E-state index in [0.29, 0.717) is 0 Å². The third-order valence-corrected chi connectivity index (χ3v) is 2.74. The van der Waals surface area contributed by atoms with Gasteiger partial charge in [0.2, 0.25) is 0 Å². The minimum Gasteiger partial charge on any atom is -0.507 e. The molecular formula is C13H11F3O4. The summed E-state index contributed by atoms with van der Waals surface area (Å²) in [5.41, 5.74) is -0.950. The molecule has 0 saturated carbocycles. The van der Waals surface area contributed by atoms with Gasteiger partial charge in [-0.25, -0.2) is 4.79 Å². The van der Waals surface area contributed by atoms with E-state index in [9.17, 15) is 23.1 Å². The molecular weight excluding hydrogens is 277 g/mol. The number of benzene rings is 1. The number of aliphatic hydroxyl groups excluding tert-OH is 1. The molecule has 0 fully saturated rings. The molecule has 0 bridgehead atoms. The predicted molar refractivity (Wildman–Crippen MR) is 62.8 cm³/mol. The van der Waals surface area contributed by atoms with Crippen LogP contribution in [0.15, 0.2) is 30.0 Å². The van der Waals surface area contributed by atoms with Crippen molar-refractivity contribution in [2.75, 3.05) is 0 Å². The van der Waals surface area contributed by atoms with E-state index in [2.05, 4.69) is 4.74 Å². The lowest BCUT2D eigenvalue weighted by Crippen LogP contribution is -2.22. The Balaban J connectivity index is 2.32. The Morgan fingerprint density at radius 1 is 1.20 bits per heavy atom. The smallest absolute Gasteiger partial charge is 0.507 e. The van der Waals surface area contributed by atoms with Crippen LogP contribution >= 0.6 is 0 Å². The van der Waals surface area contributed by atoms with Gasteiger partial charge in [0.25, 0.3) is 0 Å². The number of rotatable bonds is 2. The maximum absolute atomic E-state index is 12.0. The van der Waals surface area contributed by atoms with E-state index in [1.165, 1.54) is 26.0 Å². The summed E-state index contributed by atoms with van der Waals surface area (Å²) in [6.45, 7) is 3.02. The van der Waals surface area contributed by atoms with Crippen molar-refractivity contribution in [3.63, 3.8) is 0 Å². The summed E-state index contributed by atoms with van der Waals surface area (Å²) in [7, 11) is 0. The summed E-state index contributed by atoms with van der Waals surface area (Å²) in [4.78, 5) is 11.7. The van der Waals surface area contributed by atoms with Gasteiger partial charge in [0.05, 0.1) is 0 Å². The topological polar surface area (TPSA) is 55.8 Å². The number of ether oxygens (including phenoxy) is 2. The number of aliphatic hydroxyl groups is 1. The number of halogens is 3. The maximum Gasteiger partial charge on any atom is 0.573 e. The summed E-state index contributed by atoms with van der Waals surface area (Å²) >= 11 is 0. The van der Waals surface area contributed by atoms with Gasteiger partial charge >= 0.3 is 12.3 Å². The highest BCUT2D eigenvalue weighted by atomic mass is 19.4. The van der Waals surface area contributed by atoms with Crippen molar-refractivity contribution in [2.45, 2.75) is 25.8 Å². The van der Waals surface area contributed by atoms with Gasteiger partial charge in [0.15, 0.2) is 11.4 Å². The van der Waals surface area contributed by atoms with Crippen LogP contribution in [-0.2, 0) is 9.53 Å². The molecule has 0 saturated heterocycles. The third-order valence-electron chi connectivity index (χ3n) is 2.74. The van der Waals surface area contributed by atoms with Gasteiger partial charge < -0.3 is 14.6 Å². The van der Waals surface area contributed by atoms with E-state index < -0.39 is 23.7 Å². The zero-order valence-electron chi connectivity index (χ0n) is 10.6. The first kappa shape index (κ1) is 14.2. The van der Waals surface area contributed by atoms with E-state index in [1.807, 2.05) is 0 Å². The fourth-order valence-corrected chi connectivity index (χ4v) is 1.81. The summed E-state index contributed by atoms with van der Waals surface area (Å²) in [5.74, 6) is -1.39. The molecule has 0 spiro atoms. The Morgan fingerprint density at radius 2 is 1.75 bits per heavy atom. The van der Waals surface area contributed by atoms with E-state index in [1.54, 1.807) is 0 Å². The first-order chi connectivity index (χ1) is 9.10. The van der Waals surface area contributed by atoms with Crippen molar-refractivity contribution in [1.82, 2.24) is 0 Å². The predicted octanol–water partition coefficient (Wildman–Crippen LogP) is 3.19. The summed E-state index contributed by atoms with van der Waals surface area (Å²) in [6, 6.07) is 4.61. The molecule has 4 nitrogen and oxygen atoms in total. The van der Waals surface area contributed by atoms with Gasteiger partial charge in [-0.1, -0.05) is 12.1 Å². The standard InChI is InChI=1S/C13H11F3O4/c1-12(2)10(17)9(11(18)20-12)7-3-5-8(6-4-7)19-13(14,15)16/h3-6,17H,1-2H3. The lowest BCUT2D eigenvalue weighted by atomic mass is 10.00. The molecule has 1 heterocycles. The van der Waals surface area contributed by atoms with Crippen molar-refractivity contribution >= 4 is 11.5 Å². The summed E-state index contributed by atoms with van der Waals surface area (Å²) in [6.07, 6.45) is -4.78. The van der Waals surface area contributed by atoms with Gasteiger partial charge in [0, 0.05) is 0 Å². The SMILES string of the molecule is CC1(C)OC(=O)C(c2ccc(OC(F)(F)F)cc2)=C1O. The molecule has 1 aliphatic heterocycles. The van der Waals surface area contributed by atoms with Crippen LogP contribution < -0.4 is 4.74 Å². The van der Waals surface area contributed by atoms with Crippen LogP contribution in [0, 0.1) is 0 Å². The van der Waals surface area contributed by atoms with Crippen LogP contribution in [0.4, 0.5) is 13.2 Å². The highest BCUT2D eigenvalue weighted by Gasteiger charge is 2.41. The Kier molecular flexibility index (Phi) is 3.15. The molecule has 0 amide bonds. The number of carbonyl (C=O) groups is 1. The Labute approximate surface area is 112 Å². The van der Waals surface area contributed by atoms with Crippen molar-refractivity contribution in [3.05, 3.63) is 35.6 Å². The molecule has 0 radical (unpaired) electrons. The molecule has 108 valence electrons. The minimum atomic E-state index is -4.78. The second kappa shape index (κ2) is 4.43. The molecule has 20 heavy (non-hydrogen) atoms. The van der Waals surface area contributed by atoms with E-state index >= 15 is 0 Å². The van der Waals surface area contributed by atoms with Crippen molar-refractivity contribution in [2.24, 2.45) is 0 Å². The molecule has 0 aromatic heterocycles. The van der Waals surface area contributed by atoms with Crippen molar-refractivity contribution in [3.8, 4) is 5.75 Å². The zero-order valence-corrected chi connectivity index (χ0v) is 10.6. The highest BCUT2D eigenvalue weighted by molar-refractivity contribution is 6.19. The second-order valence-corrected chi connectivity index (χ2v) is 4.70. The average Bonchev–Trinajstić information content (AvgIpc) is 2.48. The van der Waals surface area contributed by atoms with Crippen LogP contribution in [0.1, 0.15) is 19.4 Å². The molecule has 2 rings (SSSR count). The van der Waals surface area contributed by atoms with Gasteiger partial charge in [-0.05, 0) is 31.5 Å². The molecule has 0 atom stereocenters. The molecule has 1 aromatic carbocycles. The van der Waals surface area contributed by atoms with Crippen LogP contribution in [0.2, 0.25) is 0 Å². The van der Waals surface area contributed by atoms with Gasteiger partial charge in [0.1, 0.15) is 11.3 Å². The van der Waals surface area contributed by atoms with E-state index in [0.717, 1.165) is 12.1 Å². The summed E-state index contributed by atoms with van der Waals surface area (Å²) < 4.78 is 44.8. The van der Waals surface area contributed by atoms with E-state index in [-0.39, 0.29) is 16.9 Å².